The largest absolute Gasteiger partial charge is 0.504 e. The van der Waals surface area contributed by atoms with E-state index < -0.39 is 154 Å². The van der Waals surface area contributed by atoms with Crippen molar-refractivity contribution in [3.63, 3.8) is 0 Å². The average molecular weight is 655 g/mol. The maximum absolute atomic E-state index is 13.6. The number of phenols is 4. The van der Waals surface area contributed by atoms with Gasteiger partial charge in [0, 0.05) is 22.3 Å². The predicted molar refractivity (Wildman–Crippen MR) is 143 cm³/mol. The first-order chi connectivity index (χ1) is 21.8. The molecule has 2 saturated heterocycles. The van der Waals surface area contributed by atoms with Gasteiger partial charge in [0.15, 0.2) is 35.2 Å². The van der Waals surface area contributed by atoms with Crippen molar-refractivity contribution in [2.45, 2.75) is 61.0 Å². The number of rotatable bonds is 5. The van der Waals surface area contributed by atoms with Crippen LogP contribution in [-0.4, -0.2) is 139 Å². The highest BCUT2D eigenvalue weighted by molar-refractivity contribution is 6.11. The molecule has 250 valence electrons. The summed E-state index contributed by atoms with van der Waals surface area (Å²) in [6, 6.07) is 0. The molecule has 0 aliphatic carbocycles. The fraction of sp³-hybridized carbons (Fsp3) is 0.500. The summed E-state index contributed by atoms with van der Waals surface area (Å²) in [6.45, 7) is -1.64. The van der Waals surface area contributed by atoms with Gasteiger partial charge < -0.3 is 79.5 Å². The van der Waals surface area contributed by atoms with Crippen LogP contribution in [0.5, 0.6) is 34.5 Å². The van der Waals surface area contributed by atoms with E-state index in [0.29, 0.717) is 0 Å². The first kappa shape index (κ1) is 31.8. The van der Waals surface area contributed by atoms with Crippen molar-refractivity contribution in [1.82, 2.24) is 0 Å². The number of aliphatic hydroxyl groups is 6. The molecule has 46 heavy (non-hydrogen) atoms. The lowest BCUT2D eigenvalue weighted by molar-refractivity contribution is -0.235. The third-order valence-corrected chi connectivity index (χ3v) is 8.74. The SMILES string of the molecule is COc1c(O)c(-c2c(O)c(OC)c(O)c3c2C(=O)O[C@@H]2[C@@H](O)[C@H](O)[C@@H](CO)O[C@@H]32)c2c(c1O)[C@@H]1O[C@H](CO)[C@@H](O)[C@H](O)[C@H]1OC2=O. The molecule has 0 spiro atoms. The number of hydrogen-bond acceptors (Lipinski definition) is 18. The molecule has 0 amide bonds. The summed E-state index contributed by atoms with van der Waals surface area (Å²) in [5, 5.41) is 107. The van der Waals surface area contributed by atoms with Crippen molar-refractivity contribution in [3.05, 3.63) is 22.3 Å². The van der Waals surface area contributed by atoms with Gasteiger partial charge in [0.25, 0.3) is 0 Å². The molecule has 0 radical (unpaired) electrons. The van der Waals surface area contributed by atoms with E-state index in [1.165, 1.54) is 0 Å². The number of phenolic OH excluding ortho intramolecular Hbond substituents is 4. The van der Waals surface area contributed by atoms with Crippen LogP contribution in [0.2, 0.25) is 0 Å². The second kappa shape index (κ2) is 11.3. The Kier molecular flexibility index (Phi) is 7.81. The highest BCUT2D eigenvalue weighted by Gasteiger charge is 2.56. The topological polar surface area (TPSA) is 292 Å². The number of methoxy groups -OCH3 is 2. The molecule has 2 fully saturated rings. The van der Waals surface area contributed by atoms with Crippen LogP contribution in [0.3, 0.4) is 0 Å². The van der Waals surface area contributed by atoms with Gasteiger partial charge in [0.05, 0.1) is 38.6 Å². The zero-order valence-electron chi connectivity index (χ0n) is 23.9. The Bertz CT molecular complexity index is 1490. The van der Waals surface area contributed by atoms with Crippen LogP contribution in [0.1, 0.15) is 44.1 Å². The average Bonchev–Trinajstić information content (AvgIpc) is 3.02. The van der Waals surface area contributed by atoms with Crippen LogP contribution in [-0.2, 0) is 18.9 Å². The molecule has 0 unspecified atom stereocenters. The molecule has 0 saturated carbocycles. The highest BCUT2D eigenvalue weighted by atomic mass is 16.6. The number of hydrogen-bond donors (Lipinski definition) is 10. The van der Waals surface area contributed by atoms with Crippen LogP contribution >= 0.6 is 0 Å². The molecule has 0 aromatic heterocycles. The fourth-order valence-electron chi connectivity index (χ4n) is 6.56. The normalized spacial score (nSPS) is 33.1. The molecule has 18 heteroatoms. The summed E-state index contributed by atoms with van der Waals surface area (Å²) < 4.78 is 32.5. The van der Waals surface area contributed by atoms with Crippen molar-refractivity contribution in [1.29, 1.82) is 0 Å². The standard InChI is InChI=1S/C28H30O18/c1-41-23-15(33)7(9-11(17(23)35)21-25(45-27(9)39)19(37)13(31)5(3-29)43-21)8-10-12(18(36)24(42-2)16(8)34)22-26(46-28(10)40)20(38)14(32)6(4-30)44-22/h5-6,13-14,19-22,25-26,29-38H,3-4H2,1-2H3/t5-,6-,13-,14-,19+,20+,21+,22+,25-,26-/m1/s1. The molecule has 0 bridgehead atoms. The van der Waals surface area contributed by atoms with Crippen LogP contribution < -0.4 is 9.47 Å². The lowest BCUT2D eigenvalue weighted by Crippen LogP contribution is -2.58. The van der Waals surface area contributed by atoms with Gasteiger partial charge in [-0.3, -0.25) is 0 Å². The molecule has 4 heterocycles. The van der Waals surface area contributed by atoms with E-state index in [9.17, 15) is 60.7 Å². The number of benzene rings is 2. The van der Waals surface area contributed by atoms with Crippen LogP contribution in [0.25, 0.3) is 11.1 Å². The molecule has 10 N–H and O–H groups in total. The lowest BCUT2D eigenvalue weighted by Gasteiger charge is -2.45. The maximum Gasteiger partial charge on any atom is 0.339 e. The van der Waals surface area contributed by atoms with E-state index in [1.807, 2.05) is 0 Å². The molecule has 10 atom stereocenters. The second-order valence-electron chi connectivity index (χ2n) is 11.0. The van der Waals surface area contributed by atoms with E-state index in [1.54, 1.807) is 0 Å². The minimum Gasteiger partial charge on any atom is -0.504 e. The van der Waals surface area contributed by atoms with Crippen molar-refractivity contribution >= 4 is 11.9 Å². The summed E-state index contributed by atoms with van der Waals surface area (Å²) >= 11 is 0. The van der Waals surface area contributed by atoms with E-state index in [0.717, 1.165) is 14.2 Å². The maximum atomic E-state index is 13.6. The van der Waals surface area contributed by atoms with Crippen LogP contribution in [0, 0.1) is 0 Å². The Labute approximate surface area is 257 Å². The van der Waals surface area contributed by atoms with Gasteiger partial charge in [0.2, 0.25) is 11.5 Å². The first-order valence-electron chi connectivity index (χ1n) is 13.8. The molecule has 4 aliphatic heterocycles. The molecule has 4 aliphatic rings. The molecule has 6 rings (SSSR count). The third kappa shape index (κ3) is 4.19. The van der Waals surface area contributed by atoms with E-state index in [4.69, 9.17) is 28.4 Å². The summed E-state index contributed by atoms with van der Waals surface area (Å²) in [4.78, 5) is 27.3. The minimum atomic E-state index is -1.83. The van der Waals surface area contributed by atoms with Gasteiger partial charge in [-0.15, -0.1) is 0 Å². The van der Waals surface area contributed by atoms with Crippen molar-refractivity contribution < 1.29 is 89.1 Å². The second-order valence-corrected chi connectivity index (χ2v) is 11.0. The summed E-state index contributed by atoms with van der Waals surface area (Å²) in [5.41, 5.74) is -3.93. The van der Waals surface area contributed by atoms with Crippen molar-refractivity contribution in [2.75, 3.05) is 27.4 Å². The zero-order valence-corrected chi connectivity index (χ0v) is 23.9. The Morgan fingerprint density at radius 2 is 0.913 bits per heavy atom. The lowest BCUT2D eigenvalue weighted by atomic mass is 9.79. The smallest absolute Gasteiger partial charge is 0.339 e. The number of ether oxygens (including phenoxy) is 6. The molecule has 2 aromatic rings. The molecular formula is C28H30O18. The number of aliphatic hydroxyl groups excluding tert-OH is 6. The number of esters is 2. The van der Waals surface area contributed by atoms with Gasteiger partial charge in [-0.2, -0.15) is 0 Å². The quantitative estimate of drug-likeness (QED) is 0.150. The summed E-state index contributed by atoms with van der Waals surface area (Å²) in [5.74, 6) is -8.03. The van der Waals surface area contributed by atoms with Crippen LogP contribution in [0.4, 0.5) is 0 Å². The number of carbonyl (C=O) groups is 2. The fourth-order valence-corrected chi connectivity index (χ4v) is 6.56. The zero-order chi connectivity index (χ0) is 33.5. The Hall–Kier alpha value is -4.14. The number of carbonyl (C=O) groups excluding carboxylic acids is 2. The number of aromatic hydroxyl groups is 4. The van der Waals surface area contributed by atoms with E-state index in [2.05, 4.69) is 0 Å². The van der Waals surface area contributed by atoms with Gasteiger partial charge in [0.1, 0.15) is 48.8 Å². The molecule has 2 aromatic carbocycles. The van der Waals surface area contributed by atoms with Crippen molar-refractivity contribution in [3.8, 4) is 45.6 Å². The highest BCUT2D eigenvalue weighted by Crippen LogP contribution is 2.61. The summed E-state index contributed by atoms with van der Waals surface area (Å²) in [7, 11) is 2.03. The van der Waals surface area contributed by atoms with E-state index in [-0.39, 0.29) is 0 Å². The summed E-state index contributed by atoms with van der Waals surface area (Å²) in [6.07, 6.45) is -16.6. The van der Waals surface area contributed by atoms with Gasteiger partial charge in [-0.25, -0.2) is 9.59 Å². The first-order valence-corrected chi connectivity index (χ1v) is 13.8. The van der Waals surface area contributed by atoms with Crippen molar-refractivity contribution in [2.24, 2.45) is 0 Å². The van der Waals surface area contributed by atoms with Gasteiger partial charge in [-0.1, -0.05) is 0 Å². The van der Waals surface area contributed by atoms with Gasteiger partial charge >= 0.3 is 11.9 Å². The van der Waals surface area contributed by atoms with E-state index >= 15 is 0 Å². The monoisotopic (exact) mass is 654 g/mol. The molecule has 18 nitrogen and oxygen atoms in total. The van der Waals surface area contributed by atoms with Crippen LogP contribution in [0.15, 0.2) is 0 Å². The van der Waals surface area contributed by atoms with Gasteiger partial charge in [-0.05, 0) is 0 Å². The Morgan fingerprint density at radius 1 is 0.565 bits per heavy atom. The Balaban J connectivity index is 1.69. The minimum absolute atomic E-state index is 0.495. The Morgan fingerprint density at radius 3 is 1.22 bits per heavy atom. The number of fused-ring (bicyclic) bond motifs is 6. The predicted octanol–water partition coefficient (Wildman–Crippen LogP) is -2.42. The third-order valence-electron chi connectivity index (χ3n) is 8.74. The molecular weight excluding hydrogens is 624 g/mol.